The third kappa shape index (κ3) is 2.15. The molecule has 0 saturated heterocycles. The molecule has 1 aromatic carbocycles. The minimum Gasteiger partial charge on any atom is -0.494 e. The van der Waals surface area contributed by atoms with Gasteiger partial charge in [-0.1, -0.05) is 11.6 Å². The molecule has 78 valence electrons. The lowest BCUT2D eigenvalue weighted by molar-refractivity contribution is -0.137. The number of benzene rings is 1. The normalized spacial score (nSPS) is 11.6. The average Bonchev–Trinajstić information content (AvgIpc) is 2.02. The van der Waals surface area contributed by atoms with Crippen LogP contribution in [0.25, 0.3) is 0 Å². The number of alkyl halides is 3. The molecule has 1 nitrogen and oxygen atoms in total. The van der Waals surface area contributed by atoms with E-state index in [4.69, 9.17) is 16.3 Å². The van der Waals surface area contributed by atoms with Crippen LogP contribution >= 0.6 is 27.5 Å². The van der Waals surface area contributed by atoms with E-state index in [2.05, 4.69) is 15.9 Å². The van der Waals surface area contributed by atoms with Gasteiger partial charge in [0.1, 0.15) is 0 Å². The van der Waals surface area contributed by atoms with Gasteiger partial charge in [0, 0.05) is 0 Å². The fraction of sp³-hybridized carbons (Fsp3) is 0.250. The molecule has 0 unspecified atom stereocenters. The van der Waals surface area contributed by atoms with Gasteiger partial charge in [-0.25, -0.2) is 0 Å². The van der Waals surface area contributed by atoms with E-state index in [1.54, 1.807) is 0 Å². The van der Waals surface area contributed by atoms with Gasteiger partial charge in [0.05, 0.1) is 22.2 Å². The Morgan fingerprint density at radius 1 is 1.36 bits per heavy atom. The Balaban J connectivity index is 3.36. The largest absolute Gasteiger partial charge is 0.494 e. The predicted octanol–water partition coefficient (Wildman–Crippen LogP) is 4.13. The highest BCUT2D eigenvalue weighted by atomic mass is 79.9. The van der Waals surface area contributed by atoms with Gasteiger partial charge in [-0.05, 0) is 28.1 Å². The number of ether oxygens (including phenoxy) is 1. The van der Waals surface area contributed by atoms with Crippen molar-refractivity contribution in [3.63, 3.8) is 0 Å². The molecule has 0 aliphatic heterocycles. The number of halogens is 5. The molecule has 1 rings (SSSR count). The van der Waals surface area contributed by atoms with E-state index < -0.39 is 16.8 Å². The molecule has 0 fully saturated rings. The molecule has 0 heterocycles. The quantitative estimate of drug-likeness (QED) is 0.755. The Morgan fingerprint density at radius 2 is 1.93 bits per heavy atom. The van der Waals surface area contributed by atoms with Crippen LogP contribution in [-0.4, -0.2) is 7.11 Å². The van der Waals surface area contributed by atoms with E-state index >= 15 is 0 Å². The summed E-state index contributed by atoms with van der Waals surface area (Å²) in [5, 5.41) is -0.436. The molecule has 0 saturated carbocycles. The third-order valence-electron chi connectivity index (χ3n) is 1.56. The Bertz CT molecular complexity index is 351. The van der Waals surface area contributed by atoms with Gasteiger partial charge in [-0.15, -0.1) is 0 Å². The Hall–Kier alpha value is -0.420. The first-order valence-electron chi connectivity index (χ1n) is 3.47. The van der Waals surface area contributed by atoms with E-state index in [9.17, 15) is 13.2 Å². The molecule has 0 aliphatic rings. The highest BCUT2D eigenvalue weighted by Crippen LogP contribution is 2.42. The van der Waals surface area contributed by atoms with E-state index in [-0.39, 0.29) is 5.75 Å². The highest BCUT2D eigenvalue weighted by Gasteiger charge is 2.34. The van der Waals surface area contributed by atoms with Crippen LogP contribution in [0.1, 0.15) is 5.56 Å². The second-order valence-corrected chi connectivity index (χ2v) is 3.67. The maximum atomic E-state index is 12.3. The molecule has 0 aromatic heterocycles. The van der Waals surface area contributed by atoms with E-state index in [0.717, 1.165) is 6.07 Å². The Labute approximate surface area is 91.9 Å². The minimum atomic E-state index is -4.47. The summed E-state index contributed by atoms with van der Waals surface area (Å²) in [6.45, 7) is 0. The van der Waals surface area contributed by atoms with Gasteiger partial charge < -0.3 is 4.74 Å². The molecule has 0 spiro atoms. The maximum absolute atomic E-state index is 12.3. The van der Waals surface area contributed by atoms with Gasteiger partial charge in [-0.2, -0.15) is 13.2 Å². The monoisotopic (exact) mass is 288 g/mol. The first kappa shape index (κ1) is 11.7. The summed E-state index contributed by atoms with van der Waals surface area (Å²) in [4.78, 5) is 0. The molecule has 14 heavy (non-hydrogen) atoms. The zero-order valence-electron chi connectivity index (χ0n) is 6.95. The molecular formula is C8H5BrClF3O. The van der Waals surface area contributed by atoms with Crippen molar-refractivity contribution in [2.24, 2.45) is 0 Å². The van der Waals surface area contributed by atoms with Crippen LogP contribution < -0.4 is 4.74 Å². The summed E-state index contributed by atoms with van der Waals surface area (Å²) in [7, 11) is 1.26. The van der Waals surface area contributed by atoms with Crippen LogP contribution in [0.3, 0.4) is 0 Å². The van der Waals surface area contributed by atoms with Gasteiger partial charge in [0.25, 0.3) is 0 Å². The summed E-state index contributed by atoms with van der Waals surface area (Å²) in [5.74, 6) is -0.0125. The van der Waals surface area contributed by atoms with Crippen molar-refractivity contribution in [2.45, 2.75) is 6.18 Å². The number of rotatable bonds is 1. The summed E-state index contributed by atoms with van der Waals surface area (Å²) in [6, 6.07) is 2.14. The van der Waals surface area contributed by atoms with Crippen LogP contribution in [0.2, 0.25) is 5.02 Å². The number of hydrogen-bond donors (Lipinski definition) is 0. The molecule has 0 N–H and O–H groups in total. The smallest absolute Gasteiger partial charge is 0.417 e. The van der Waals surface area contributed by atoms with Crippen molar-refractivity contribution in [1.29, 1.82) is 0 Å². The van der Waals surface area contributed by atoms with Gasteiger partial charge in [0.15, 0.2) is 5.75 Å². The molecule has 0 radical (unpaired) electrons. The fourth-order valence-corrected chi connectivity index (χ4v) is 1.89. The number of methoxy groups -OCH3 is 1. The average molecular weight is 289 g/mol. The van der Waals surface area contributed by atoms with E-state index in [1.165, 1.54) is 13.2 Å². The molecule has 1 aromatic rings. The van der Waals surface area contributed by atoms with Crippen LogP contribution in [0.4, 0.5) is 13.2 Å². The van der Waals surface area contributed by atoms with Crippen LogP contribution in [0, 0.1) is 0 Å². The lowest BCUT2D eigenvalue weighted by Gasteiger charge is -2.12. The lowest BCUT2D eigenvalue weighted by atomic mass is 10.2. The van der Waals surface area contributed by atoms with Crippen LogP contribution in [-0.2, 0) is 6.18 Å². The van der Waals surface area contributed by atoms with Crippen molar-refractivity contribution in [2.75, 3.05) is 7.11 Å². The zero-order chi connectivity index (χ0) is 10.9. The van der Waals surface area contributed by atoms with Crippen molar-refractivity contribution in [3.05, 3.63) is 27.2 Å². The molecular weight excluding hydrogens is 284 g/mol. The fourth-order valence-electron chi connectivity index (χ4n) is 0.939. The van der Waals surface area contributed by atoms with Crippen molar-refractivity contribution < 1.29 is 17.9 Å². The highest BCUT2D eigenvalue weighted by molar-refractivity contribution is 9.10. The van der Waals surface area contributed by atoms with Crippen LogP contribution in [0.5, 0.6) is 5.75 Å². The van der Waals surface area contributed by atoms with Crippen molar-refractivity contribution in [1.82, 2.24) is 0 Å². The van der Waals surface area contributed by atoms with Gasteiger partial charge >= 0.3 is 6.18 Å². The first-order valence-corrected chi connectivity index (χ1v) is 4.64. The van der Waals surface area contributed by atoms with E-state index in [0.29, 0.717) is 4.47 Å². The molecule has 0 aliphatic carbocycles. The van der Waals surface area contributed by atoms with Crippen LogP contribution in [0.15, 0.2) is 16.6 Å². The predicted molar refractivity (Wildman–Crippen MR) is 50.7 cm³/mol. The Morgan fingerprint density at radius 3 is 2.36 bits per heavy atom. The van der Waals surface area contributed by atoms with Gasteiger partial charge in [-0.3, -0.25) is 0 Å². The summed E-state index contributed by atoms with van der Waals surface area (Å²) in [5.41, 5.74) is -0.904. The minimum absolute atomic E-state index is 0.0125. The maximum Gasteiger partial charge on any atom is 0.417 e. The summed E-state index contributed by atoms with van der Waals surface area (Å²) in [6.07, 6.45) is -4.47. The lowest BCUT2D eigenvalue weighted by Crippen LogP contribution is -2.06. The summed E-state index contributed by atoms with van der Waals surface area (Å²) < 4.78 is 42.1. The second-order valence-electron chi connectivity index (χ2n) is 2.44. The third-order valence-corrected chi connectivity index (χ3v) is 2.56. The standard InChI is InChI=1S/C8H5BrClF3O/c1-14-7-5(9)3-2-4(6(7)10)8(11,12)13/h2-3H,1H3. The van der Waals surface area contributed by atoms with Gasteiger partial charge in [0.2, 0.25) is 0 Å². The SMILES string of the molecule is COc1c(Br)ccc(C(F)(F)F)c1Cl. The molecule has 6 heteroatoms. The first-order chi connectivity index (χ1) is 6.38. The molecule has 0 bridgehead atoms. The molecule has 0 atom stereocenters. The number of hydrogen-bond acceptors (Lipinski definition) is 1. The van der Waals surface area contributed by atoms with Crippen molar-refractivity contribution >= 4 is 27.5 Å². The topological polar surface area (TPSA) is 9.23 Å². The van der Waals surface area contributed by atoms with E-state index in [1.807, 2.05) is 0 Å². The Kier molecular flexibility index (Phi) is 3.32. The second kappa shape index (κ2) is 3.98. The molecule has 0 amide bonds. The summed E-state index contributed by atoms with van der Waals surface area (Å²) >= 11 is 8.56. The zero-order valence-corrected chi connectivity index (χ0v) is 9.29. The van der Waals surface area contributed by atoms with Crippen molar-refractivity contribution in [3.8, 4) is 5.75 Å².